The number of anilines is 1. The third-order valence-corrected chi connectivity index (χ3v) is 4.03. The van der Waals surface area contributed by atoms with E-state index in [1.807, 2.05) is 30.2 Å². The Morgan fingerprint density at radius 2 is 2.21 bits per heavy atom. The molecular weight excluding hydrogens is 260 g/mol. The van der Waals surface area contributed by atoms with Crippen LogP contribution in [0.15, 0.2) is 22.9 Å². The van der Waals surface area contributed by atoms with Crippen LogP contribution in [0.4, 0.5) is 5.69 Å². The minimum Gasteiger partial charge on any atom is -0.381 e. The van der Waals surface area contributed by atoms with Crippen molar-refractivity contribution in [1.82, 2.24) is 4.98 Å². The SMILES string of the molecule is Brc1cnccc1NC1CCSCC1. The highest BCUT2D eigenvalue weighted by atomic mass is 79.9. The van der Waals surface area contributed by atoms with E-state index in [-0.39, 0.29) is 0 Å². The van der Waals surface area contributed by atoms with E-state index in [0.29, 0.717) is 6.04 Å². The molecule has 2 nitrogen and oxygen atoms in total. The number of halogens is 1. The highest BCUT2D eigenvalue weighted by Crippen LogP contribution is 2.25. The molecule has 0 spiro atoms. The summed E-state index contributed by atoms with van der Waals surface area (Å²) >= 11 is 5.54. The van der Waals surface area contributed by atoms with Crippen molar-refractivity contribution in [1.29, 1.82) is 0 Å². The summed E-state index contributed by atoms with van der Waals surface area (Å²) in [4.78, 5) is 4.05. The van der Waals surface area contributed by atoms with E-state index < -0.39 is 0 Å². The predicted molar refractivity (Wildman–Crippen MR) is 65.9 cm³/mol. The lowest BCUT2D eigenvalue weighted by molar-refractivity contribution is 0.666. The van der Waals surface area contributed by atoms with Crippen molar-refractivity contribution in [3.63, 3.8) is 0 Å². The number of pyridine rings is 1. The summed E-state index contributed by atoms with van der Waals surface area (Å²) < 4.78 is 1.05. The van der Waals surface area contributed by atoms with E-state index >= 15 is 0 Å². The number of nitrogens with one attached hydrogen (secondary N) is 1. The first-order chi connectivity index (χ1) is 6.86. The van der Waals surface area contributed by atoms with Crippen LogP contribution < -0.4 is 5.32 Å². The van der Waals surface area contributed by atoms with Gasteiger partial charge in [0, 0.05) is 18.4 Å². The second-order valence-corrected chi connectivity index (χ2v) is 5.47. The van der Waals surface area contributed by atoms with E-state index in [9.17, 15) is 0 Å². The number of aromatic nitrogens is 1. The molecule has 1 aromatic rings. The molecule has 4 heteroatoms. The van der Waals surface area contributed by atoms with Crippen molar-refractivity contribution < 1.29 is 0 Å². The van der Waals surface area contributed by atoms with Gasteiger partial charge in [-0.3, -0.25) is 4.98 Å². The third kappa shape index (κ3) is 2.64. The van der Waals surface area contributed by atoms with Gasteiger partial charge in [0.15, 0.2) is 0 Å². The summed E-state index contributed by atoms with van der Waals surface area (Å²) in [6.07, 6.45) is 6.18. The monoisotopic (exact) mass is 272 g/mol. The highest BCUT2D eigenvalue weighted by molar-refractivity contribution is 9.10. The molecule has 76 valence electrons. The summed E-state index contributed by atoms with van der Waals surface area (Å²) in [5, 5.41) is 3.55. The van der Waals surface area contributed by atoms with E-state index in [1.165, 1.54) is 24.3 Å². The van der Waals surface area contributed by atoms with Gasteiger partial charge in [-0.15, -0.1) is 0 Å². The number of nitrogens with zero attached hydrogens (tertiary/aromatic N) is 1. The number of thioether (sulfide) groups is 1. The van der Waals surface area contributed by atoms with Crippen LogP contribution >= 0.6 is 27.7 Å². The first-order valence-corrected chi connectivity index (χ1v) is 6.75. The van der Waals surface area contributed by atoms with Gasteiger partial charge in [-0.25, -0.2) is 0 Å². The average molecular weight is 273 g/mol. The van der Waals surface area contributed by atoms with Gasteiger partial charge in [0.25, 0.3) is 0 Å². The van der Waals surface area contributed by atoms with Gasteiger partial charge in [0.05, 0.1) is 10.2 Å². The van der Waals surface area contributed by atoms with Crippen LogP contribution in [0.5, 0.6) is 0 Å². The molecule has 0 atom stereocenters. The Balaban J connectivity index is 1.99. The molecule has 0 saturated carbocycles. The second-order valence-electron chi connectivity index (χ2n) is 3.39. The molecule has 0 aliphatic carbocycles. The van der Waals surface area contributed by atoms with Crippen LogP contribution in [-0.4, -0.2) is 22.5 Å². The van der Waals surface area contributed by atoms with Crippen molar-refractivity contribution in [3.05, 3.63) is 22.9 Å². The summed E-state index contributed by atoms with van der Waals surface area (Å²) in [7, 11) is 0. The largest absolute Gasteiger partial charge is 0.381 e. The first kappa shape index (κ1) is 10.3. The molecule has 1 N–H and O–H groups in total. The van der Waals surface area contributed by atoms with Crippen molar-refractivity contribution in [2.45, 2.75) is 18.9 Å². The molecule has 1 aliphatic heterocycles. The molecule has 2 heterocycles. The Bertz CT molecular complexity index is 300. The summed E-state index contributed by atoms with van der Waals surface area (Å²) in [6, 6.07) is 2.65. The zero-order valence-electron chi connectivity index (χ0n) is 7.87. The molecule has 1 saturated heterocycles. The molecule has 1 fully saturated rings. The fourth-order valence-electron chi connectivity index (χ4n) is 1.55. The lowest BCUT2D eigenvalue weighted by Gasteiger charge is -2.23. The minimum absolute atomic E-state index is 0.634. The van der Waals surface area contributed by atoms with Crippen LogP contribution in [0, 0.1) is 0 Å². The van der Waals surface area contributed by atoms with Crippen molar-refractivity contribution in [2.75, 3.05) is 16.8 Å². The first-order valence-electron chi connectivity index (χ1n) is 4.80. The van der Waals surface area contributed by atoms with E-state index in [2.05, 4.69) is 26.2 Å². The van der Waals surface area contributed by atoms with Gasteiger partial charge in [0.2, 0.25) is 0 Å². The van der Waals surface area contributed by atoms with E-state index in [1.54, 1.807) is 0 Å². The van der Waals surface area contributed by atoms with Gasteiger partial charge in [0.1, 0.15) is 0 Å². The molecule has 1 aliphatic rings. The molecule has 0 bridgehead atoms. The predicted octanol–water partition coefficient (Wildman–Crippen LogP) is 3.15. The summed E-state index contributed by atoms with van der Waals surface area (Å²) in [5.41, 5.74) is 1.16. The number of rotatable bonds is 2. The standard InChI is InChI=1S/C10H13BrN2S/c11-9-7-12-4-1-10(9)13-8-2-5-14-6-3-8/h1,4,7-8H,2-3,5-6H2,(H,12,13). The molecule has 1 aromatic heterocycles. The maximum Gasteiger partial charge on any atom is 0.0590 e. The third-order valence-electron chi connectivity index (χ3n) is 2.35. The fraction of sp³-hybridized carbons (Fsp3) is 0.500. The smallest absolute Gasteiger partial charge is 0.0590 e. The van der Waals surface area contributed by atoms with Gasteiger partial charge in [-0.05, 0) is 46.3 Å². The topological polar surface area (TPSA) is 24.9 Å². The van der Waals surface area contributed by atoms with Crippen molar-refractivity contribution >= 4 is 33.4 Å². The van der Waals surface area contributed by atoms with Crippen LogP contribution in [-0.2, 0) is 0 Å². The molecule has 0 aromatic carbocycles. The van der Waals surface area contributed by atoms with Gasteiger partial charge >= 0.3 is 0 Å². The van der Waals surface area contributed by atoms with Crippen molar-refractivity contribution in [2.24, 2.45) is 0 Å². The maximum absolute atomic E-state index is 4.05. The van der Waals surface area contributed by atoms with Crippen LogP contribution in [0.3, 0.4) is 0 Å². The minimum atomic E-state index is 0.634. The Kier molecular flexibility index (Phi) is 3.70. The molecule has 14 heavy (non-hydrogen) atoms. The van der Waals surface area contributed by atoms with Gasteiger partial charge in [-0.2, -0.15) is 11.8 Å². The lowest BCUT2D eigenvalue weighted by Crippen LogP contribution is -2.24. The fourth-order valence-corrected chi connectivity index (χ4v) is 3.03. The zero-order chi connectivity index (χ0) is 9.80. The summed E-state index contributed by atoms with van der Waals surface area (Å²) in [5.74, 6) is 2.56. The Morgan fingerprint density at radius 1 is 1.43 bits per heavy atom. The van der Waals surface area contributed by atoms with Crippen LogP contribution in [0.1, 0.15) is 12.8 Å². The quantitative estimate of drug-likeness (QED) is 0.896. The molecular formula is C10H13BrN2S. The van der Waals surface area contributed by atoms with Gasteiger partial charge in [-0.1, -0.05) is 0 Å². The van der Waals surface area contributed by atoms with E-state index in [4.69, 9.17) is 0 Å². The molecule has 2 rings (SSSR count). The highest BCUT2D eigenvalue weighted by Gasteiger charge is 2.13. The lowest BCUT2D eigenvalue weighted by atomic mass is 10.1. The average Bonchev–Trinajstić information content (AvgIpc) is 2.23. The molecule has 0 radical (unpaired) electrons. The Hall–Kier alpha value is -0.220. The zero-order valence-corrected chi connectivity index (χ0v) is 10.3. The maximum atomic E-state index is 4.05. The number of hydrogen-bond donors (Lipinski definition) is 1. The molecule has 0 amide bonds. The number of hydrogen-bond acceptors (Lipinski definition) is 3. The summed E-state index contributed by atoms with van der Waals surface area (Å²) in [6.45, 7) is 0. The second kappa shape index (κ2) is 5.03. The van der Waals surface area contributed by atoms with Crippen molar-refractivity contribution in [3.8, 4) is 0 Å². The normalized spacial score (nSPS) is 18.1. The molecule has 0 unspecified atom stereocenters. The van der Waals surface area contributed by atoms with E-state index in [0.717, 1.165) is 10.2 Å². The van der Waals surface area contributed by atoms with Crippen LogP contribution in [0.25, 0.3) is 0 Å². The Morgan fingerprint density at radius 3 is 2.93 bits per heavy atom. The van der Waals surface area contributed by atoms with Crippen LogP contribution in [0.2, 0.25) is 0 Å². The van der Waals surface area contributed by atoms with Gasteiger partial charge < -0.3 is 5.32 Å². The Labute approximate surface area is 97.0 Å².